The first-order valence-electron chi connectivity index (χ1n) is 4.89. The Labute approximate surface area is 109 Å². The van der Waals surface area contributed by atoms with Gasteiger partial charge in [0.25, 0.3) is 5.91 Å². The number of carbonyl (C=O) groups is 1. The molecule has 1 aromatic carbocycles. The zero-order valence-corrected chi connectivity index (χ0v) is 11.6. The lowest BCUT2D eigenvalue weighted by Crippen LogP contribution is -2.32. The predicted molar refractivity (Wildman–Crippen MR) is 69.3 cm³/mol. The molecule has 1 aromatic rings. The molecule has 0 heterocycles. The zero-order chi connectivity index (χ0) is 12.9. The first-order valence-corrected chi connectivity index (χ1v) is 7.34. The quantitative estimate of drug-likeness (QED) is 0.839. The molecule has 7 heteroatoms. The second-order valence-corrected chi connectivity index (χ2v) is 6.25. The number of hydrogen-bond donors (Lipinski definition) is 2. The van der Waals surface area contributed by atoms with E-state index in [2.05, 4.69) is 26.0 Å². The Morgan fingerprint density at radius 2 is 1.88 bits per heavy atom. The van der Waals surface area contributed by atoms with Gasteiger partial charge in [0.1, 0.15) is 0 Å². The van der Waals surface area contributed by atoms with Gasteiger partial charge >= 0.3 is 0 Å². The molecule has 17 heavy (non-hydrogen) atoms. The Kier molecular flexibility index (Phi) is 5.10. The first kappa shape index (κ1) is 14.1. The van der Waals surface area contributed by atoms with Crippen molar-refractivity contribution in [2.75, 3.05) is 19.3 Å². The van der Waals surface area contributed by atoms with Gasteiger partial charge in [-0.15, -0.1) is 0 Å². The van der Waals surface area contributed by atoms with E-state index in [-0.39, 0.29) is 18.2 Å². The lowest BCUT2D eigenvalue weighted by Gasteiger charge is -2.05. The van der Waals surface area contributed by atoms with Crippen LogP contribution in [0.15, 0.2) is 28.7 Å². The molecule has 1 amide bonds. The highest BCUT2D eigenvalue weighted by molar-refractivity contribution is 9.10. The maximum absolute atomic E-state index is 11.6. The summed E-state index contributed by atoms with van der Waals surface area (Å²) in [5.41, 5.74) is 0.495. The Bertz CT molecular complexity index is 485. The Morgan fingerprint density at radius 3 is 2.41 bits per heavy atom. The van der Waals surface area contributed by atoms with E-state index in [4.69, 9.17) is 0 Å². The minimum absolute atomic E-state index is 0.0814. The Balaban J connectivity index is 2.48. The highest BCUT2D eigenvalue weighted by Crippen LogP contribution is 2.10. The van der Waals surface area contributed by atoms with E-state index in [9.17, 15) is 13.2 Å². The van der Waals surface area contributed by atoms with Crippen LogP contribution in [0.3, 0.4) is 0 Å². The van der Waals surface area contributed by atoms with Gasteiger partial charge in [-0.25, -0.2) is 13.1 Å². The second kappa shape index (κ2) is 6.13. The summed E-state index contributed by atoms with van der Waals surface area (Å²) in [6.45, 7) is 0.0814. The molecular weight excluding hydrogens is 308 g/mol. The van der Waals surface area contributed by atoms with Gasteiger partial charge in [-0.05, 0) is 31.3 Å². The minimum atomic E-state index is -3.28. The summed E-state index contributed by atoms with van der Waals surface area (Å²) in [5.74, 6) is -0.421. The van der Waals surface area contributed by atoms with Crippen molar-refractivity contribution in [1.29, 1.82) is 0 Å². The van der Waals surface area contributed by atoms with E-state index < -0.39 is 10.0 Å². The lowest BCUT2D eigenvalue weighted by atomic mass is 10.2. The fraction of sp³-hybridized carbons (Fsp3) is 0.300. The van der Waals surface area contributed by atoms with Crippen LogP contribution < -0.4 is 10.0 Å². The van der Waals surface area contributed by atoms with Crippen LogP contribution in [0.4, 0.5) is 0 Å². The van der Waals surface area contributed by atoms with Crippen molar-refractivity contribution in [1.82, 2.24) is 10.0 Å². The van der Waals surface area contributed by atoms with Crippen LogP contribution in [-0.2, 0) is 10.0 Å². The monoisotopic (exact) mass is 320 g/mol. The van der Waals surface area contributed by atoms with E-state index in [1.54, 1.807) is 24.3 Å². The van der Waals surface area contributed by atoms with Crippen LogP contribution in [0.2, 0.25) is 0 Å². The van der Waals surface area contributed by atoms with Crippen LogP contribution in [0, 0.1) is 0 Å². The SMILES string of the molecule is CNS(=O)(=O)CCNC(=O)c1ccc(Br)cc1. The second-order valence-electron chi connectivity index (χ2n) is 3.29. The Morgan fingerprint density at radius 1 is 1.29 bits per heavy atom. The summed E-state index contributed by atoms with van der Waals surface area (Å²) in [4.78, 5) is 11.6. The largest absolute Gasteiger partial charge is 0.351 e. The Hall–Kier alpha value is -0.920. The van der Waals surface area contributed by atoms with Crippen LogP contribution in [0.1, 0.15) is 10.4 Å². The standard InChI is InChI=1S/C10H13BrN2O3S/c1-12-17(15,16)7-6-13-10(14)8-2-4-9(11)5-3-8/h2-5,12H,6-7H2,1H3,(H,13,14). The van der Waals surface area contributed by atoms with Crippen molar-refractivity contribution < 1.29 is 13.2 Å². The van der Waals surface area contributed by atoms with Gasteiger partial charge in [-0.2, -0.15) is 0 Å². The van der Waals surface area contributed by atoms with Crippen molar-refractivity contribution in [2.45, 2.75) is 0 Å². The third-order valence-corrected chi connectivity index (χ3v) is 3.97. The van der Waals surface area contributed by atoms with E-state index in [0.29, 0.717) is 5.56 Å². The van der Waals surface area contributed by atoms with Gasteiger partial charge < -0.3 is 5.32 Å². The third-order valence-electron chi connectivity index (χ3n) is 2.07. The summed E-state index contributed by atoms with van der Waals surface area (Å²) in [6.07, 6.45) is 0. The number of carbonyl (C=O) groups excluding carboxylic acids is 1. The molecule has 0 aliphatic heterocycles. The molecular formula is C10H13BrN2O3S. The van der Waals surface area contributed by atoms with Crippen molar-refractivity contribution in [3.8, 4) is 0 Å². The van der Waals surface area contributed by atoms with Gasteiger partial charge in [-0.3, -0.25) is 4.79 Å². The maximum Gasteiger partial charge on any atom is 0.251 e. The molecule has 0 atom stereocenters. The smallest absolute Gasteiger partial charge is 0.251 e. The van der Waals surface area contributed by atoms with E-state index in [0.717, 1.165) is 4.47 Å². The molecule has 2 N–H and O–H groups in total. The number of benzene rings is 1. The number of halogens is 1. The molecule has 0 aliphatic carbocycles. The van der Waals surface area contributed by atoms with Crippen molar-refractivity contribution in [3.63, 3.8) is 0 Å². The molecule has 0 aliphatic rings. The molecule has 0 saturated heterocycles. The summed E-state index contributed by atoms with van der Waals surface area (Å²) < 4.78 is 25.2. The van der Waals surface area contributed by atoms with E-state index in [1.165, 1.54) is 7.05 Å². The van der Waals surface area contributed by atoms with Crippen LogP contribution in [-0.4, -0.2) is 33.7 Å². The highest BCUT2D eigenvalue weighted by atomic mass is 79.9. The average Bonchev–Trinajstić information content (AvgIpc) is 2.29. The molecule has 0 saturated carbocycles. The van der Waals surface area contributed by atoms with Gasteiger partial charge in [0.05, 0.1) is 5.75 Å². The molecule has 0 bridgehead atoms. The number of nitrogens with one attached hydrogen (secondary N) is 2. The molecule has 1 rings (SSSR count). The predicted octanol–water partition coefficient (Wildman–Crippen LogP) is 0.728. The number of sulfonamides is 1. The molecule has 0 fully saturated rings. The van der Waals surface area contributed by atoms with Gasteiger partial charge in [0, 0.05) is 16.6 Å². The van der Waals surface area contributed by atoms with E-state index in [1.807, 2.05) is 0 Å². The fourth-order valence-electron chi connectivity index (χ4n) is 1.10. The van der Waals surface area contributed by atoms with Crippen LogP contribution in [0.5, 0.6) is 0 Å². The number of amides is 1. The van der Waals surface area contributed by atoms with Crippen molar-refractivity contribution in [3.05, 3.63) is 34.3 Å². The summed E-state index contributed by atoms with van der Waals surface area (Å²) in [7, 11) is -1.94. The minimum Gasteiger partial charge on any atom is -0.351 e. The normalized spacial score (nSPS) is 11.2. The summed E-state index contributed by atoms with van der Waals surface area (Å²) in [5, 5.41) is 2.54. The van der Waals surface area contributed by atoms with Crippen molar-refractivity contribution >= 4 is 31.9 Å². The van der Waals surface area contributed by atoms with Gasteiger partial charge in [0.2, 0.25) is 10.0 Å². The molecule has 5 nitrogen and oxygen atoms in total. The average molecular weight is 321 g/mol. The molecule has 0 aromatic heterocycles. The highest BCUT2D eigenvalue weighted by Gasteiger charge is 2.09. The van der Waals surface area contributed by atoms with Crippen LogP contribution >= 0.6 is 15.9 Å². The molecule has 0 spiro atoms. The van der Waals surface area contributed by atoms with Crippen LogP contribution in [0.25, 0.3) is 0 Å². The number of rotatable bonds is 5. The fourth-order valence-corrected chi connectivity index (χ4v) is 1.94. The van der Waals surface area contributed by atoms with E-state index >= 15 is 0 Å². The van der Waals surface area contributed by atoms with Crippen molar-refractivity contribution in [2.24, 2.45) is 0 Å². The van der Waals surface area contributed by atoms with Gasteiger partial charge in [0.15, 0.2) is 0 Å². The topological polar surface area (TPSA) is 75.3 Å². The molecule has 94 valence electrons. The van der Waals surface area contributed by atoms with Gasteiger partial charge in [-0.1, -0.05) is 15.9 Å². The zero-order valence-electron chi connectivity index (χ0n) is 9.23. The first-order chi connectivity index (χ1) is 7.94. The number of hydrogen-bond acceptors (Lipinski definition) is 3. The summed E-state index contributed by atoms with van der Waals surface area (Å²) in [6, 6.07) is 6.82. The summed E-state index contributed by atoms with van der Waals surface area (Å²) >= 11 is 3.26. The lowest BCUT2D eigenvalue weighted by molar-refractivity contribution is 0.0956. The molecule has 0 radical (unpaired) electrons. The maximum atomic E-state index is 11.6. The molecule has 0 unspecified atom stereocenters. The third kappa shape index (κ3) is 4.84.